The van der Waals surface area contributed by atoms with Crippen molar-refractivity contribution in [1.29, 1.82) is 0 Å². The molecule has 2 rings (SSSR count). The van der Waals surface area contributed by atoms with Crippen LogP contribution in [0.3, 0.4) is 0 Å². The number of nitrogens with two attached hydrogens (primary N) is 1. The smallest absolute Gasteiger partial charge is 0.0601 e. The second kappa shape index (κ2) is 5.56. The summed E-state index contributed by atoms with van der Waals surface area (Å²) in [6.45, 7) is 4.68. The zero-order chi connectivity index (χ0) is 11.5. The molecule has 0 aromatic carbocycles. The highest BCUT2D eigenvalue weighted by Gasteiger charge is 2.30. The molecule has 2 N–H and O–H groups in total. The number of rotatable bonds is 3. The van der Waals surface area contributed by atoms with Gasteiger partial charge in [0, 0.05) is 11.3 Å². The molecule has 0 amide bonds. The van der Waals surface area contributed by atoms with E-state index >= 15 is 0 Å². The van der Waals surface area contributed by atoms with E-state index in [1.165, 1.54) is 23.5 Å². The lowest BCUT2D eigenvalue weighted by Gasteiger charge is -2.35. The summed E-state index contributed by atoms with van der Waals surface area (Å²) in [6.07, 6.45) is 3.81. The molecule has 1 heterocycles. The van der Waals surface area contributed by atoms with Gasteiger partial charge in [-0.3, -0.25) is 0 Å². The van der Waals surface area contributed by atoms with Crippen LogP contribution in [0.4, 0.5) is 0 Å². The number of hydrogen-bond donors (Lipinski definition) is 1. The van der Waals surface area contributed by atoms with Gasteiger partial charge in [-0.1, -0.05) is 19.9 Å². The first-order valence-electron chi connectivity index (χ1n) is 6.12. The molecular formula is C13H21NS2. The van der Waals surface area contributed by atoms with Gasteiger partial charge in [0.2, 0.25) is 0 Å². The Morgan fingerprint density at radius 2 is 2.25 bits per heavy atom. The van der Waals surface area contributed by atoms with Crippen molar-refractivity contribution in [2.45, 2.75) is 48.6 Å². The van der Waals surface area contributed by atoms with E-state index in [1.807, 2.05) is 23.1 Å². The van der Waals surface area contributed by atoms with Crippen LogP contribution in [0.2, 0.25) is 0 Å². The average molecular weight is 255 g/mol. The van der Waals surface area contributed by atoms with Gasteiger partial charge < -0.3 is 5.73 Å². The van der Waals surface area contributed by atoms with Gasteiger partial charge in [-0.05, 0) is 42.5 Å². The summed E-state index contributed by atoms with van der Waals surface area (Å²) in [5, 5.41) is 2.77. The molecule has 3 unspecified atom stereocenters. The summed E-state index contributed by atoms with van der Waals surface area (Å²) in [5.41, 5.74) is 6.24. The van der Waals surface area contributed by atoms with E-state index in [0.29, 0.717) is 11.3 Å². The Morgan fingerprint density at radius 1 is 1.44 bits per heavy atom. The second-order valence-corrected chi connectivity index (χ2v) is 7.56. The maximum Gasteiger partial charge on any atom is 0.0601 e. The molecule has 1 nitrogen and oxygen atoms in total. The van der Waals surface area contributed by atoms with Gasteiger partial charge >= 0.3 is 0 Å². The van der Waals surface area contributed by atoms with E-state index in [-0.39, 0.29) is 0 Å². The third kappa shape index (κ3) is 3.02. The van der Waals surface area contributed by atoms with Crippen molar-refractivity contribution in [3.63, 3.8) is 0 Å². The predicted molar refractivity (Wildman–Crippen MR) is 74.1 cm³/mol. The monoisotopic (exact) mass is 255 g/mol. The first-order valence-corrected chi connectivity index (χ1v) is 7.88. The minimum atomic E-state index is 0.391. The van der Waals surface area contributed by atoms with E-state index < -0.39 is 0 Å². The Labute approximate surface area is 107 Å². The summed E-state index contributed by atoms with van der Waals surface area (Å²) in [7, 11) is 0. The third-order valence-corrected chi connectivity index (χ3v) is 6.04. The molecule has 1 aromatic rings. The van der Waals surface area contributed by atoms with Gasteiger partial charge in [-0.25, -0.2) is 0 Å². The Morgan fingerprint density at radius 3 is 2.88 bits per heavy atom. The lowest BCUT2D eigenvalue weighted by molar-refractivity contribution is 0.266. The molecular weight excluding hydrogens is 234 g/mol. The van der Waals surface area contributed by atoms with Crippen LogP contribution in [0.25, 0.3) is 0 Å². The van der Waals surface area contributed by atoms with Crippen LogP contribution in [0, 0.1) is 11.8 Å². The number of hydrogen-bond acceptors (Lipinski definition) is 3. The number of thiophene rings is 1. The minimum Gasteiger partial charge on any atom is -0.327 e. The standard InChI is InChI=1S/C13H21NS2/c1-9(2)10-5-6-11(14)12(8-10)16-13-4-3-7-15-13/h3-4,7,9-12H,5-6,8,14H2,1-2H3. The molecule has 0 saturated heterocycles. The Bertz CT molecular complexity index is 308. The van der Waals surface area contributed by atoms with Gasteiger partial charge in [-0.15, -0.1) is 23.1 Å². The molecule has 0 spiro atoms. The summed E-state index contributed by atoms with van der Waals surface area (Å²) < 4.78 is 1.42. The molecule has 0 bridgehead atoms. The molecule has 1 aliphatic carbocycles. The normalized spacial score (nSPS) is 30.9. The largest absolute Gasteiger partial charge is 0.327 e. The van der Waals surface area contributed by atoms with Gasteiger partial charge in [0.25, 0.3) is 0 Å². The highest BCUT2D eigenvalue weighted by atomic mass is 32.2. The van der Waals surface area contributed by atoms with E-state index in [2.05, 4.69) is 31.4 Å². The maximum atomic E-state index is 6.24. The zero-order valence-electron chi connectivity index (χ0n) is 10.1. The first-order chi connectivity index (χ1) is 7.66. The third-order valence-electron chi connectivity index (χ3n) is 3.59. The van der Waals surface area contributed by atoms with Crippen LogP contribution < -0.4 is 5.73 Å². The Kier molecular flexibility index (Phi) is 4.34. The van der Waals surface area contributed by atoms with Crippen molar-refractivity contribution < 1.29 is 0 Å². The SMILES string of the molecule is CC(C)C1CCC(N)C(Sc2cccs2)C1. The first kappa shape index (κ1) is 12.5. The molecule has 0 radical (unpaired) electrons. The fourth-order valence-corrected chi connectivity index (χ4v) is 4.72. The molecule has 90 valence electrons. The van der Waals surface area contributed by atoms with Crippen molar-refractivity contribution in [1.82, 2.24) is 0 Å². The topological polar surface area (TPSA) is 26.0 Å². The Hall–Kier alpha value is 0.01000. The van der Waals surface area contributed by atoms with Crippen LogP contribution in [0.15, 0.2) is 21.7 Å². The summed E-state index contributed by atoms with van der Waals surface area (Å²) >= 11 is 3.83. The van der Waals surface area contributed by atoms with Crippen molar-refractivity contribution in [3.8, 4) is 0 Å². The maximum absolute atomic E-state index is 6.24. The molecule has 1 saturated carbocycles. The summed E-state index contributed by atoms with van der Waals surface area (Å²) in [5.74, 6) is 1.68. The molecule has 1 aromatic heterocycles. The van der Waals surface area contributed by atoms with Crippen molar-refractivity contribution in [2.75, 3.05) is 0 Å². The molecule has 1 aliphatic rings. The van der Waals surface area contributed by atoms with Crippen LogP contribution >= 0.6 is 23.1 Å². The summed E-state index contributed by atoms with van der Waals surface area (Å²) in [6, 6.07) is 4.73. The lowest BCUT2D eigenvalue weighted by Crippen LogP contribution is -2.39. The van der Waals surface area contributed by atoms with Crippen molar-refractivity contribution >= 4 is 23.1 Å². The van der Waals surface area contributed by atoms with Crippen LogP contribution in [-0.4, -0.2) is 11.3 Å². The highest BCUT2D eigenvalue weighted by Crippen LogP contribution is 2.39. The van der Waals surface area contributed by atoms with Gasteiger partial charge in [-0.2, -0.15) is 0 Å². The van der Waals surface area contributed by atoms with E-state index in [4.69, 9.17) is 5.73 Å². The van der Waals surface area contributed by atoms with Gasteiger partial charge in [0.1, 0.15) is 0 Å². The van der Waals surface area contributed by atoms with Gasteiger partial charge in [0.15, 0.2) is 0 Å². The molecule has 3 heteroatoms. The van der Waals surface area contributed by atoms with E-state index in [0.717, 1.165) is 11.8 Å². The number of thioether (sulfide) groups is 1. The van der Waals surface area contributed by atoms with Gasteiger partial charge in [0.05, 0.1) is 4.21 Å². The molecule has 3 atom stereocenters. The van der Waals surface area contributed by atoms with E-state index in [1.54, 1.807) is 0 Å². The lowest BCUT2D eigenvalue weighted by atomic mass is 9.79. The fourth-order valence-electron chi connectivity index (χ4n) is 2.40. The molecule has 1 fully saturated rings. The Balaban J connectivity index is 1.96. The van der Waals surface area contributed by atoms with Crippen LogP contribution in [0.1, 0.15) is 33.1 Å². The fraction of sp³-hybridized carbons (Fsp3) is 0.692. The zero-order valence-corrected chi connectivity index (χ0v) is 11.7. The van der Waals surface area contributed by atoms with Crippen molar-refractivity contribution in [2.24, 2.45) is 17.6 Å². The van der Waals surface area contributed by atoms with Crippen LogP contribution in [0.5, 0.6) is 0 Å². The highest BCUT2D eigenvalue weighted by molar-refractivity contribution is 8.01. The average Bonchev–Trinajstić information content (AvgIpc) is 2.73. The molecule has 0 aliphatic heterocycles. The van der Waals surface area contributed by atoms with Crippen molar-refractivity contribution in [3.05, 3.63) is 17.5 Å². The quantitative estimate of drug-likeness (QED) is 0.883. The predicted octanol–water partition coefficient (Wildman–Crippen LogP) is 3.99. The van der Waals surface area contributed by atoms with E-state index in [9.17, 15) is 0 Å². The summed E-state index contributed by atoms with van der Waals surface area (Å²) in [4.78, 5) is 0. The minimum absolute atomic E-state index is 0.391. The van der Waals surface area contributed by atoms with Crippen LogP contribution in [-0.2, 0) is 0 Å². The molecule has 16 heavy (non-hydrogen) atoms. The second-order valence-electron chi connectivity index (χ2n) is 5.07.